The summed E-state index contributed by atoms with van der Waals surface area (Å²) in [5, 5.41) is 10.5. The zero-order chi connectivity index (χ0) is 23.6. The Morgan fingerprint density at radius 1 is 1.12 bits per heavy atom. The van der Waals surface area contributed by atoms with Crippen molar-refractivity contribution in [2.75, 3.05) is 22.7 Å². The monoisotopic (exact) mass is 506 g/mol. The summed E-state index contributed by atoms with van der Waals surface area (Å²) in [7, 11) is 0. The quantitative estimate of drug-likeness (QED) is 0.374. The van der Waals surface area contributed by atoms with Crippen molar-refractivity contribution in [3.63, 3.8) is 0 Å². The molecule has 1 aliphatic rings. The minimum Gasteiger partial charge on any atom is -0.481 e. The second-order valence-electron chi connectivity index (χ2n) is 8.02. The Balaban J connectivity index is 1.46. The first-order chi connectivity index (χ1) is 15.8. The van der Waals surface area contributed by atoms with E-state index in [-0.39, 0.29) is 5.02 Å². The van der Waals surface area contributed by atoms with Crippen molar-refractivity contribution in [2.24, 2.45) is 5.41 Å². The Morgan fingerprint density at radius 3 is 2.58 bits per heavy atom. The Hall–Kier alpha value is -2.55. The van der Waals surface area contributed by atoms with E-state index in [1.54, 1.807) is 31.2 Å². The highest BCUT2D eigenvalue weighted by molar-refractivity contribution is 8.00. The number of nitrogens with zero attached hydrogens (tertiary/aromatic N) is 3. The zero-order valence-electron chi connectivity index (χ0n) is 17.7. The average molecular weight is 507 g/mol. The lowest BCUT2D eigenvalue weighted by Crippen LogP contribution is -2.43. The van der Waals surface area contributed by atoms with Crippen LogP contribution in [0.5, 0.6) is 0 Å². The van der Waals surface area contributed by atoms with Crippen molar-refractivity contribution in [1.82, 2.24) is 9.97 Å². The minimum absolute atomic E-state index is 0.0356. The van der Waals surface area contributed by atoms with Crippen molar-refractivity contribution >= 4 is 52.8 Å². The van der Waals surface area contributed by atoms with E-state index < -0.39 is 17.2 Å². The van der Waals surface area contributed by atoms with Crippen LogP contribution < -0.4 is 9.62 Å². The first-order valence-corrected chi connectivity index (χ1v) is 11.8. The average Bonchev–Trinajstić information content (AvgIpc) is 2.81. The van der Waals surface area contributed by atoms with Crippen LogP contribution >= 0.6 is 35.1 Å². The molecule has 3 heterocycles. The summed E-state index contributed by atoms with van der Waals surface area (Å²) in [4.78, 5) is 22.8. The second kappa shape index (κ2) is 9.75. The first-order valence-electron chi connectivity index (χ1n) is 10.3. The SMILES string of the molecule is CC1(C(=O)O)CCN(c2cccc(SNc3ccc(Cl)c(-c4cccc(F)c4Cl)n3)n2)CC1. The third-order valence-corrected chi connectivity index (χ3v) is 7.17. The molecule has 1 aliphatic heterocycles. The molecular weight excluding hydrogens is 486 g/mol. The number of hydrogen-bond acceptors (Lipinski definition) is 6. The predicted octanol–water partition coefficient (Wildman–Crippen LogP) is 6.40. The molecule has 2 N–H and O–H groups in total. The maximum atomic E-state index is 13.9. The third-order valence-electron chi connectivity index (χ3n) is 5.73. The van der Waals surface area contributed by atoms with Crippen molar-refractivity contribution in [3.8, 4) is 11.3 Å². The molecule has 0 radical (unpaired) electrons. The van der Waals surface area contributed by atoms with E-state index in [0.717, 1.165) is 10.8 Å². The first kappa shape index (κ1) is 23.6. The van der Waals surface area contributed by atoms with E-state index in [1.807, 2.05) is 18.2 Å². The van der Waals surface area contributed by atoms with Crippen molar-refractivity contribution in [2.45, 2.75) is 24.8 Å². The molecule has 1 fully saturated rings. The second-order valence-corrected chi connectivity index (χ2v) is 9.63. The number of anilines is 2. The molecule has 6 nitrogen and oxygen atoms in total. The van der Waals surface area contributed by atoms with Crippen molar-refractivity contribution < 1.29 is 14.3 Å². The van der Waals surface area contributed by atoms with E-state index in [2.05, 4.69) is 19.6 Å². The minimum atomic E-state index is -0.752. The smallest absolute Gasteiger partial charge is 0.309 e. The fourth-order valence-electron chi connectivity index (χ4n) is 3.56. The molecule has 4 rings (SSSR count). The number of halogens is 3. The summed E-state index contributed by atoms with van der Waals surface area (Å²) in [6, 6.07) is 13.6. The molecule has 0 bridgehead atoms. The lowest BCUT2D eigenvalue weighted by atomic mass is 9.80. The van der Waals surface area contributed by atoms with Crippen LogP contribution in [0.3, 0.4) is 0 Å². The molecule has 0 amide bonds. The van der Waals surface area contributed by atoms with Crippen LogP contribution in [0.25, 0.3) is 11.3 Å². The lowest BCUT2D eigenvalue weighted by Gasteiger charge is -2.37. The third kappa shape index (κ3) is 5.18. The number of carbonyl (C=O) groups is 1. The van der Waals surface area contributed by atoms with Gasteiger partial charge in [-0.2, -0.15) is 0 Å². The Kier molecular flexibility index (Phi) is 6.97. The molecule has 2 aromatic heterocycles. The topological polar surface area (TPSA) is 78.4 Å². The van der Waals surface area contributed by atoms with Gasteiger partial charge in [0.05, 0.1) is 21.2 Å². The van der Waals surface area contributed by atoms with Crippen LogP contribution in [0, 0.1) is 11.2 Å². The van der Waals surface area contributed by atoms with E-state index >= 15 is 0 Å². The van der Waals surface area contributed by atoms with Crippen LogP contribution in [-0.4, -0.2) is 34.1 Å². The van der Waals surface area contributed by atoms with Gasteiger partial charge in [0.15, 0.2) is 0 Å². The molecule has 1 saturated heterocycles. The maximum absolute atomic E-state index is 13.9. The van der Waals surface area contributed by atoms with Gasteiger partial charge in [0.25, 0.3) is 0 Å². The molecule has 0 atom stereocenters. The van der Waals surface area contributed by atoms with Gasteiger partial charge in [-0.3, -0.25) is 4.79 Å². The highest BCUT2D eigenvalue weighted by Gasteiger charge is 2.37. The molecule has 1 aromatic carbocycles. The maximum Gasteiger partial charge on any atom is 0.309 e. The van der Waals surface area contributed by atoms with Crippen LogP contribution in [0.2, 0.25) is 10.0 Å². The predicted molar refractivity (Wildman–Crippen MR) is 131 cm³/mol. The Morgan fingerprint density at radius 2 is 1.85 bits per heavy atom. The fraction of sp³-hybridized carbons (Fsp3) is 0.261. The molecule has 10 heteroatoms. The van der Waals surface area contributed by atoms with E-state index in [0.29, 0.717) is 48.0 Å². The molecule has 0 saturated carbocycles. The number of hydrogen-bond donors (Lipinski definition) is 2. The number of carboxylic acids is 1. The molecule has 3 aromatic rings. The normalized spacial score (nSPS) is 15.3. The van der Waals surface area contributed by atoms with Gasteiger partial charge < -0.3 is 14.7 Å². The van der Waals surface area contributed by atoms with Crippen molar-refractivity contribution in [1.29, 1.82) is 0 Å². The zero-order valence-corrected chi connectivity index (χ0v) is 20.0. The van der Waals surface area contributed by atoms with Gasteiger partial charge in [0.1, 0.15) is 22.5 Å². The van der Waals surface area contributed by atoms with Crippen LogP contribution in [0.15, 0.2) is 53.6 Å². The van der Waals surface area contributed by atoms with E-state index in [9.17, 15) is 14.3 Å². The number of carboxylic acid groups (broad SMARTS) is 1. The summed E-state index contributed by atoms with van der Waals surface area (Å²) in [6.45, 7) is 3.06. The Labute approximate surface area is 205 Å². The molecule has 33 heavy (non-hydrogen) atoms. The molecule has 0 unspecified atom stereocenters. The van der Waals surface area contributed by atoms with E-state index in [1.165, 1.54) is 18.0 Å². The molecular formula is C23H21Cl2FN4O2S. The summed E-state index contributed by atoms with van der Waals surface area (Å²) in [6.07, 6.45) is 1.14. The van der Waals surface area contributed by atoms with Gasteiger partial charge in [-0.15, -0.1) is 0 Å². The standard InChI is InChI=1S/C23H21Cl2FN4O2S/c1-23(22(31)32)10-12-30(13-11-23)18-6-3-7-19(28-18)33-29-17-9-8-15(24)21(27-17)14-4-2-5-16(26)20(14)25/h2-9H,10-13H2,1H3,(H,27,29)(H,31,32). The summed E-state index contributed by atoms with van der Waals surface area (Å²) in [5.41, 5.74) is 0.101. The van der Waals surface area contributed by atoms with Gasteiger partial charge in [0, 0.05) is 30.6 Å². The van der Waals surface area contributed by atoms with Gasteiger partial charge in [-0.1, -0.05) is 41.4 Å². The largest absolute Gasteiger partial charge is 0.481 e. The summed E-state index contributed by atoms with van der Waals surface area (Å²) < 4.78 is 17.0. The van der Waals surface area contributed by atoms with Crippen LogP contribution in [0.1, 0.15) is 19.8 Å². The van der Waals surface area contributed by atoms with E-state index in [4.69, 9.17) is 23.2 Å². The highest BCUT2D eigenvalue weighted by Crippen LogP contribution is 2.35. The number of aromatic nitrogens is 2. The number of piperidine rings is 1. The lowest BCUT2D eigenvalue weighted by molar-refractivity contribution is -0.149. The summed E-state index contributed by atoms with van der Waals surface area (Å²) in [5.74, 6) is 0.0211. The van der Waals surface area contributed by atoms with Gasteiger partial charge in [-0.25, -0.2) is 14.4 Å². The van der Waals surface area contributed by atoms with Gasteiger partial charge in [-0.05, 0) is 50.1 Å². The molecule has 0 spiro atoms. The number of aliphatic carboxylic acids is 1. The Bertz CT molecular complexity index is 1190. The van der Waals surface area contributed by atoms with Crippen molar-refractivity contribution in [3.05, 3.63) is 64.4 Å². The van der Waals surface area contributed by atoms with Crippen LogP contribution in [0.4, 0.5) is 16.0 Å². The van der Waals surface area contributed by atoms with Crippen LogP contribution in [-0.2, 0) is 4.79 Å². The summed E-state index contributed by atoms with van der Waals surface area (Å²) >= 11 is 13.7. The fourth-order valence-corrected chi connectivity index (χ4v) is 4.59. The number of pyridine rings is 2. The molecule has 0 aliphatic carbocycles. The number of nitrogens with one attached hydrogen (secondary N) is 1. The number of rotatable bonds is 6. The van der Waals surface area contributed by atoms with Gasteiger partial charge in [0.2, 0.25) is 0 Å². The van der Waals surface area contributed by atoms with Gasteiger partial charge >= 0.3 is 5.97 Å². The molecule has 172 valence electrons. The highest BCUT2D eigenvalue weighted by atomic mass is 35.5. The number of benzene rings is 1.